The first-order chi connectivity index (χ1) is 12.1. The highest BCUT2D eigenvalue weighted by molar-refractivity contribution is 7.98. The van der Waals surface area contributed by atoms with E-state index < -0.39 is 5.97 Å². The lowest BCUT2D eigenvalue weighted by Gasteiger charge is -2.32. The minimum Gasteiger partial charge on any atom is -0.480 e. The predicted octanol–water partition coefficient (Wildman–Crippen LogP) is 2.71. The second-order valence-corrected chi connectivity index (χ2v) is 6.97. The van der Waals surface area contributed by atoms with Crippen molar-refractivity contribution < 1.29 is 14.7 Å². The van der Waals surface area contributed by atoms with Crippen LogP contribution in [0.15, 0.2) is 41.4 Å². The summed E-state index contributed by atoms with van der Waals surface area (Å²) in [5.41, 5.74) is 1.60. The highest BCUT2D eigenvalue weighted by atomic mass is 32.2. The van der Waals surface area contributed by atoms with Crippen LogP contribution in [0.4, 0.5) is 0 Å². The summed E-state index contributed by atoms with van der Waals surface area (Å²) in [4.78, 5) is 26.6. The molecule has 1 amide bonds. The van der Waals surface area contributed by atoms with Gasteiger partial charge in [0.25, 0.3) is 5.91 Å². The van der Waals surface area contributed by atoms with Gasteiger partial charge in [0, 0.05) is 30.1 Å². The fourth-order valence-electron chi connectivity index (χ4n) is 3.22. The molecule has 0 aliphatic carbocycles. The number of benzene rings is 1. The molecule has 0 saturated carbocycles. The number of carboxylic acid groups (broad SMARTS) is 1. The molecule has 1 aliphatic rings. The van der Waals surface area contributed by atoms with E-state index in [0.717, 1.165) is 35.5 Å². The Labute approximate surface area is 150 Å². The molecule has 1 fully saturated rings. The smallest absolute Gasteiger partial charge is 0.325 e. The van der Waals surface area contributed by atoms with Crippen LogP contribution in [0.2, 0.25) is 0 Å². The SMILES string of the molecule is CSc1ccccc1C(=O)N1CCC[C@@H](c2ccn(CC(=O)O)n2)C1. The average Bonchev–Trinajstić information content (AvgIpc) is 3.09. The van der Waals surface area contributed by atoms with Crippen LogP contribution in [0.25, 0.3) is 0 Å². The van der Waals surface area contributed by atoms with E-state index in [9.17, 15) is 9.59 Å². The Morgan fingerprint density at radius 1 is 1.32 bits per heavy atom. The van der Waals surface area contributed by atoms with Crippen molar-refractivity contribution in [3.05, 3.63) is 47.8 Å². The van der Waals surface area contributed by atoms with Gasteiger partial charge in [-0.3, -0.25) is 14.3 Å². The molecule has 0 bridgehead atoms. The average molecular weight is 359 g/mol. The molecule has 132 valence electrons. The Hall–Kier alpha value is -2.28. The normalized spacial score (nSPS) is 17.5. The van der Waals surface area contributed by atoms with E-state index in [-0.39, 0.29) is 18.4 Å². The maximum Gasteiger partial charge on any atom is 0.325 e. The number of carbonyl (C=O) groups excluding carboxylic acids is 1. The molecule has 1 N–H and O–H groups in total. The molecule has 1 aromatic carbocycles. The molecule has 0 radical (unpaired) electrons. The number of carbonyl (C=O) groups is 2. The lowest BCUT2D eigenvalue weighted by Crippen LogP contribution is -2.39. The van der Waals surface area contributed by atoms with Gasteiger partial charge in [-0.1, -0.05) is 12.1 Å². The number of thioether (sulfide) groups is 1. The number of hydrogen-bond acceptors (Lipinski definition) is 4. The van der Waals surface area contributed by atoms with E-state index in [0.29, 0.717) is 6.54 Å². The minimum atomic E-state index is -0.913. The molecule has 3 rings (SSSR count). The summed E-state index contributed by atoms with van der Waals surface area (Å²) < 4.78 is 1.43. The van der Waals surface area contributed by atoms with Gasteiger partial charge in [-0.25, -0.2) is 0 Å². The van der Waals surface area contributed by atoms with Gasteiger partial charge in [0.1, 0.15) is 6.54 Å². The van der Waals surface area contributed by atoms with Crippen molar-refractivity contribution in [3.63, 3.8) is 0 Å². The summed E-state index contributed by atoms with van der Waals surface area (Å²) in [6.07, 6.45) is 5.54. The van der Waals surface area contributed by atoms with E-state index in [1.165, 1.54) is 4.68 Å². The van der Waals surface area contributed by atoms with E-state index in [2.05, 4.69) is 5.10 Å². The third kappa shape index (κ3) is 4.04. The van der Waals surface area contributed by atoms with E-state index in [1.807, 2.05) is 41.5 Å². The van der Waals surface area contributed by atoms with E-state index in [4.69, 9.17) is 5.11 Å². The molecule has 25 heavy (non-hydrogen) atoms. The number of rotatable bonds is 5. The molecular weight excluding hydrogens is 338 g/mol. The molecule has 1 saturated heterocycles. The van der Waals surface area contributed by atoms with E-state index >= 15 is 0 Å². The quantitative estimate of drug-likeness (QED) is 0.831. The van der Waals surface area contributed by atoms with Gasteiger partial charge in [0.2, 0.25) is 0 Å². The van der Waals surface area contributed by atoms with Gasteiger partial charge in [0.05, 0.1) is 11.3 Å². The lowest BCUT2D eigenvalue weighted by atomic mass is 9.94. The molecular formula is C18H21N3O3S. The molecule has 1 atom stereocenters. The summed E-state index contributed by atoms with van der Waals surface area (Å²) in [6.45, 7) is 1.22. The topological polar surface area (TPSA) is 75.4 Å². The summed E-state index contributed by atoms with van der Waals surface area (Å²) in [6, 6.07) is 9.53. The highest BCUT2D eigenvalue weighted by Gasteiger charge is 2.27. The Morgan fingerprint density at radius 3 is 2.88 bits per heavy atom. The van der Waals surface area contributed by atoms with Gasteiger partial charge in [-0.15, -0.1) is 11.8 Å². The van der Waals surface area contributed by atoms with Gasteiger partial charge < -0.3 is 10.0 Å². The zero-order valence-corrected chi connectivity index (χ0v) is 14.9. The first-order valence-electron chi connectivity index (χ1n) is 8.26. The Kier molecular flexibility index (Phi) is 5.43. The maximum absolute atomic E-state index is 12.9. The molecule has 6 nitrogen and oxygen atoms in total. The monoisotopic (exact) mass is 359 g/mol. The lowest BCUT2D eigenvalue weighted by molar-refractivity contribution is -0.137. The summed E-state index contributed by atoms with van der Waals surface area (Å²) in [5, 5.41) is 13.2. The largest absolute Gasteiger partial charge is 0.480 e. The van der Waals surface area contributed by atoms with Crippen molar-refractivity contribution in [1.82, 2.24) is 14.7 Å². The number of aliphatic carboxylic acids is 1. The van der Waals surface area contributed by atoms with Crippen LogP contribution in [0.3, 0.4) is 0 Å². The molecule has 2 heterocycles. The standard InChI is InChI=1S/C18H21N3O3S/c1-25-16-7-3-2-6-14(16)18(24)20-9-4-5-13(11-20)15-8-10-21(19-15)12-17(22)23/h2-3,6-8,10,13H,4-5,9,11-12H2,1H3,(H,22,23)/t13-/m1/s1. The van der Waals surface area contributed by atoms with Crippen molar-refractivity contribution in [2.24, 2.45) is 0 Å². The first kappa shape index (κ1) is 17.5. The van der Waals surface area contributed by atoms with Gasteiger partial charge in [-0.05, 0) is 37.3 Å². The van der Waals surface area contributed by atoms with Gasteiger partial charge in [-0.2, -0.15) is 5.10 Å². The molecule has 0 unspecified atom stereocenters. The Balaban J connectivity index is 1.73. The second kappa shape index (κ2) is 7.74. The number of amides is 1. The number of aromatic nitrogens is 2. The van der Waals surface area contributed by atoms with Crippen LogP contribution in [-0.2, 0) is 11.3 Å². The van der Waals surface area contributed by atoms with Crippen LogP contribution in [0.5, 0.6) is 0 Å². The van der Waals surface area contributed by atoms with Gasteiger partial charge >= 0.3 is 5.97 Å². The van der Waals surface area contributed by atoms with E-state index in [1.54, 1.807) is 18.0 Å². The zero-order chi connectivity index (χ0) is 17.8. The Bertz CT molecular complexity index is 774. The maximum atomic E-state index is 12.9. The number of nitrogens with zero attached hydrogens (tertiary/aromatic N) is 3. The summed E-state index contributed by atoms with van der Waals surface area (Å²) in [7, 11) is 0. The minimum absolute atomic E-state index is 0.0552. The van der Waals surface area contributed by atoms with Crippen molar-refractivity contribution in [1.29, 1.82) is 0 Å². The highest BCUT2D eigenvalue weighted by Crippen LogP contribution is 2.28. The van der Waals surface area contributed by atoms with Crippen molar-refractivity contribution >= 4 is 23.6 Å². The summed E-state index contributed by atoms with van der Waals surface area (Å²) >= 11 is 1.58. The number of likely N-dealkylation sites (tertiary alicyclic amines) is 1. The van der Waals surface area contributed by atoms with Crippen LogP contribution < -0.4 is 0 Å². The second-order valence-electron chi connectivity index (χ2n) is 6.12. The Morgan fingerprint density at radius 2 is 2.12 bits per heavy atom. The number of piperidine rings is 1. The fraction of sp³-hybridized carbons (Fsp3) is 0.389. The predicted molar refractivity (Wildman–Crippen MR) is 96.0 cm³/mol. The molecule has 0 spiro atoms. The third-order valence-corrected chi connectivity index (χ3v) is 5.22. The molecule has 7 heteroatoms. The number of carboxylic acids is 1. The van der Waals surface area contributed by atoms with Crippen LogP contribution >= 0.6 is 11.8 Å². The van der Waals surface area contributed by atoms with Crippen LogP contribution in [0, 0.1) is 0 Å². The molecule has 1 aliphatic heterocycles. The molecule has 2 aromatic rings. The van der Waals surface area contributed by atoms with Crippen molar-refractivity contribution in [3.8, 4) is 0 Å². The fourth-order valence-corrected chi connectivity index (χ4v) is 3.81. The zero-order valence-electron chi connectivity index (χ0n) is 14.1. The third-order valence-electron chi connectivity index (χ3n) is 4.42. The first-order valence-corrected chi connectivity index (χ1v) is 9.48. The van der Waals surface area contributed by atoms with Crippen LogP contribution in [0.1, 0.15) is 34.8 Å². The van der Waals surface area contributed by atoms with Gasteiger partial charge in [0.15, 0.2) is 0 Å². The van der Waals surface area contributed by atoms with Crippen molar-refractivity contribution in [2.75, 3.05) is 19.3 Å². The van der Waals surface area contributed by atoms with Crippen molar-refractivity contribution in [2.45, 2.75) is 30.2 Å². The number of hydrogen-bond donors (Lipinski definition) is 1. The summed E-state index contributed by atoms with van der Waals surface area (Å²) in [5.74, 6) is -0.711. The molecule has 1 aromatic heterocycles. The van der Waals surface area contributed by atoms with Crippen LogP contribution in [-0.4, -0.2) is 51.0 Å².